The zero-order valence-electron chi connectivity index (χ0n) is 20.0. The molecule has 0 amide bonds. The molecule has 0 bridgehead atoms. The summed E-state index contributed by atoms with van der Waals surface area (Å²) in [5.74, 6) is 0.496. The predicted molar refractivity (Wildman–Crippen MR) is 133 cm³/mol. The van der Waals surface area contributed by atoms with Crippen LogP contribution in [0.1, 0.15) is 36.0 Å². The van der Waals surface area contributed by atoms with Crippen LogP contribution < -0.4 is 10.2 Å². The number of likely N-dealkylation sites (tertiary alicyclic amines) is 1. The quantitative estimate of drug-likeness (QED) is 0.582. The molecule has 3 fully saturated rings. The highest BCUT2D eigenvalue weighted by Crippen LogP contribution is 2.47. The number of likely N-dealkylation sites (N-methyl/N-ethyl adjacent to an activating group) is 1. The fourth-order valence-corrected chi connectivity index (χ4v) is 6.12. The van der Waals surface area contributed by atoms with E-state index in [-0.39, 0.29) is 5.56 Å². The summed E-state index contributed by atoms with van der Waals surface area (Å²) >= 11 is 0. The van der Waals surface area contributed by atoms with Crippen LogP contribution in [-0.4, -0.2) is 65.6 Å². The van der Waals surface area contributed by atoms with Gasteiger partial charge >= 0.3 is 0 Å². The Morgan fingerprint density at radius 3 is 2.66 bits per heavy atom. The summed E-state index contributed by atoms with van der Waals surface area (Å²) in [6.07, 6.45) is 2.83. The van der Waals surface area contributed by atoms with E-state index in [1.165, 1.54) is 30.0 Å². The number of hydrogen-bond acceptors (Lipinski definition) is 6. The number of nitrogens with zero attached hydrogens (tertiary/aromatic N) is 5. The Bertz CT molecular complexity index is 1290. The molecule has 1 aliphatic carbocycles. The molecule has 6 nitrogen and oxygen atoms in total. The number of alkyl halides is 2. The van der Waals surface area contributed by atoms with Crippen LogP contribution in [-0.2, 0) is 13.0 Å². The van der Waals surface area contributed by atoms with Crippen LogP contribution in [0, 0.1) is 5.41 Å². The Morgan fingerprint density at radius 1 is 1.06 bits per heavy atom. The number of anilines is 3. The van der Waals surface area contributed by atoms with Crippen molar-refractivity contribution in [2.24, 2.45) is 5.41 Å². The third kappa shape index (κ3) is 3.83. The number of nitrogens with one attached hydrogen (secondary N) is 1. The summed E-state index contributed by atoms with van der Waals surface area (Å²) in [4.78, 5) is 16.4. The van der Waals surface area contributed by atoms with E-state index in [9.17, 15) is 8.78 Å². The second-order valence-corrected chi connectivity index (χ2v) is 11.1. The van der Waals surface area contributed by atoms with Crippen molar-refractivity contribution in [2.45, 2.75) is 38.3 Å². The molecule has 0 atom stereocenters. The molecule has 2 aromatic carbocycles. The molecule has 1 aromatic heterocycles. The zero-order valence-corrected chi connectivity index (χ0v) is 20.0. The summed E-state index contributed by atoms with van der Waals surface area (Å²) < 4.78 is 27.4. The van der Waals surface area contributed by atoms with Gasteiger partial charge in [0, 0.05) is 73.6 Å². The SMILES string of the molecule is CN1CCc2cc(Nc3ncc4cc(C(F)F)cc(N5CC6(C5)CN(C5CC5)C6)c4n3)ccc2C1. The lowest BCUT2D eigenvalue weighted by atomic mass is 9.72. The van der Waals surface area contributed by atoms with Crippen molar-refractivity contribution in [2.75, 3.05) is 50.0 Å². The maximum absolute atomic E-state index is 13.7. The second-order valence-electron chi connectivity index (χ2n) is 11.1. The molecule has 3 aliphatic heterocycles. The number of fused-ring (bicyclic) bond motifs is 2. The Kier molecular flexibility index (Phi) is 4.80. The first-order chi connectivity index (χ1) is 16.9. The maximum Gasteiger partial charge on any atom is 0.263 e. The fourth-order valence-electron chi connectivity index (χ4n) is 6.12. The van der Waals surface area contributed by atoms with Crippen LogP contribution in [0.2, 0.25) is 0 Å². The molecule has 182 valence electrons. The molecule has 35 heavy (non-hydrogen) atoms. The fraction of sp³-hybridized carbons (Fsp3) is 0.481. The van der Waals surface area contributed by atoms with Gasteiger partial charge in [0.2, 0.25) is 5.95 Å². The minimum atomic E-state index is -2.52. The highest BCUT2D eigenvalue weighted by molar-refractivity contribution is 5.92. The lowest BCUT2D eigenvalue weighted by Crippen LogP contribution is -2.72. The van der Waals surface area contributed by atoms with E-state index in [2.05, 4.69) is 50.2 Å². The minimum absolute atomic E-state index is 0.0330. The van der Waals surface area contributed by atoms with E-state index in [0.29, 0.717) is 16.7 Å². The predicted octanol–water partition coefficient (Wildman–Crippen LogP) is 4.58. The first kappa shape index (κ1) is 21.4. The normalized spacial score (nSPS) is 21.8. The van der Waals surface area contributed by atoms with Crippen LogP contribution in [0.5, 0.6) is 0 Å². The minimum Gasteiger partial charge on any atom is -0.368 e. The monoisotopic (exact) mass is 476 g/mol. The molecule has 7 rings (SSSR count). The Balaban J connectivity index is 1.16. The Hall–Kier alpha value is -2.84. The lowest BCUT2D eigenvalue weighted by Gasteiger charge is -2.61. The standard InChI is InChI=1S/C27H30F2N6/c1-33-7-6-17-9-21(3-2-18(17)12-33)31-26-30-11-20-8-19(25(28)29)10-23(24(20)32-26)35-15-27(16-35)13-34(14-27)22-4-5-22/h2-3,8-11,22,25H,4-7,12-16H2,1H3,(H,30,31,32). The highest BCUT2D eigenvalue weighted by Gasteiger charge is 2.54. The largest absolute Gasteiger partial charge is 0.368 e. The van der Waals surface area contributed by atoms with Crippen LogP contribution in [0.4, 0.5) is 26.1 Å². The first-order valence-corrected chi connectivity index (χ1v) is 12.6. The van der Waals surface area contributed by atoms with E-state index in [0.717, 1.165) is 68.6 Å². The molecular formula is C27H30F2N6. The van der Waals surface area contributed by atoms with Crippen molar-refractivity contribution in [3.8, 4) is 0 Å². The molecule has 8 heteroatoms. The van der Waals surface area contributed by atoms with Gasteiger partial charge in [-0.25, -0.2) is 18.7 Å². The molecule has 1 saturated carbocycles. The van der Waals surface area contributed by atoms with E-state index < -0.39 is 6.43 Å². The van der Waals surface area contributed by atoms with Gasteiger partial charge in [-0.1, -0.05) is 6.07 Å². The summed E-state index contributed by atoms with van der Waals surface area (Å²) in [6.45, 7) is 6.10. The third-order valence-electron chi connectivity index (χ3n) is 8.14. The Labute approximate surface area is 203 Å². The molecule has 1 spiro atoms. The highest BCUT2D eigenvalue weighted by atomic mass is 19.3. The zero-order chi connectivity index (χ0) is 23.7. The van der Waals surface area contributed by atoms with E-state index >= 15 is 0 Å². The van der Waals surface area contributed by atoms with Gasteiger partial charge < -0.3 is 15.1 Å². The summed E-state index contributed by atoms with van der Waals surface area (Å²) in [7, 11) is 2.14. The summed E-state index contributed by atoms with van der Waals surface area (Å²) in [5, 5.41) is 4.01. The molecular weight excluding hydrogens is 446 g/mol. The van der Waals surface area contributed by atoms with Gasteiger partial charge in [0.25, 0.3) is 6.43 Å². The summed E-state index contributed by atoms with van der Waals surface area (Å²) in [6, 6.07) is 10.4. The number of benzene rings is 2. The molecule has 4 heterocycles. The topological polar surface area (TPSA) is 47.5 Å². The van der Waals surface area contributed by atoms with Gasteiger partial charge in [0.15, 0.2) is 0 Å². The second kappa shape index (κ2) is 7.83. The molecule has 4 aliphatic rings. The molecule has 3 aromatic rings. The van der Waals surface area contributed by atoms with E-state index in [4.69, 9.17) is 4.98 Å². The average molecular weight is 477 g/mol. The number of hydrogen-bond donors (Lipinski definition) is 1. The lowest BCUT2D eigenvalue weighted by molar-refractivity contribution is -0.0273. The Morgan fingerprint density at radius 2 is 1.89 bits per heavy atom. The van der Waals surface area contributed by atoms with Gasteiger partial charge in [-0.3, -0.25) is 4.90 Å². The molecule has 2 saturated heterocycles. The van der Waals surface area contributed by atoms with Gasteiger partial charge in [-0.15, -0.1) is 0 Å². The maximum atomic E-state index is 13.7. The van der Waals surface area contributed by atoms with Crippen molar-refractivity contribution in [1.29, 1.82) is 0 Å². The number of rotatable bonds is 5. The van der Waals surface area contributed by atoms with Crippen molar-refractivity contribution in [3.63, 3.8) is 0 Å². The van der Waals surface area contributed by atoms with Gasteiger partial charge in [0.1, 0.15) is 0 Å². The average Bonchev–Trinajstić information content (AvgIpc) is 3.62. The van der Waals surface area contributed by atoms with Gasteiger partial charge in [-0.05, 0) is 61.7 Å². The third-order valence-corrected chi connectivity index (χ3v) is 8.14. The van der Waals surface area contributed by atoms with Gasteiger partial charge in [-0.2, -0.15) is 0 Å². The number of halogens is 2. The molecule has 1 N–H and O–H groups in total. The van der Waals surface area contributed by atoms with Crippen molar-refractivity contribution in [1.82, 2.24) is 19.8 Å². The van der Waals surface area contributed by atoms with Crippen molar-refractivity contribution >= 4 is 28.2 Å². The van der Waals surface area contributed by atoms with Gasteiger partial charge in [0.05, 0.1) is 11.2 Å². The molecule has 0 unspecified atom stereocenters. The van der Waals surface area contributed by atoms with Crippen LogP contribution >= 0.6 is 0 Å². The van der Waals surface area contributed by atoms with Crippen LogP contribution in [0.15, 0.2) is 36.5 Å². The molecule has 0 radical (unpaired) electrons. The first-order valence-electron chi connectivity index (χ1n) is 12.6. The number of aromatic nitrogens is 2. The summed E-state index contributed by atoms with van der Waals surface area (Å²) in [5.41, 5.74) is 5.55. The smallest absolute Gasteiger partial charge is 0.263 e. The van der Waals surface area contributed by atoms with Crippen LogP contribution in [0.3, 0.4) is 0 Å². The van der Waals surface area contributed by atoms with E-state index in [1.807, 2.05) is 0 Å². The van der Waals surface area contributed by atoms with Crippen LogP contribution in [0.25, 0.3) is 10.9 Å². The van der Waals surface area contributed by atoms with E-state index in [1.54, 1.807) is 12.3 Å². The van der Waals surface area contributed by atoms with Crippen molar-refractivity contribution < 1.29 is 8.78 Å². The van der Waals surface area contributed by atoms with Crippen molar-refractivity contribution in [3.05, 3.63) is 53.2 Å².